The van der Waals surface area contributed by atoms with Gasteiger partial charge in [0, 0.05) is 18.4 Å². The number of aryl methyl sites for hydroxylation is 1. The van der Waals surface area contributed by atoms with Crippen molar-refractivity contribution in [1.29, 1.82) is 0 Å². The van der Waals surface area contributed by atoms with Gasteiger partial charge in [-0.1, -0.05) is 25.1 Å². The van der Waals surface area contributed by atoms with Gasteiger partial charge in [-0.2, -0.15) is 0 Å². The van der Waals surface area contributed by atoms with Gasteiger partial charge in [-0.3, -0.25) is 0 Å². The molecule has 0 saturated heterocycles. The van der Waals surface area contributed by atoms with E-state index in [1.807, 2.05) is 26.0 Å². The van der Waals surface area contributed by atoms with Gasteiger partial charge < -0.3 is 9.52 Å². The van der Waals surface area contributed by atoms with Crippen LogP contribution in [0.4, 0.5) is 0 Å². The Bertz CT molecular complexity index is 457. The first-order valence-corrected chi connectivity index (χ1v) is 5.29. The van der Waals surface area contributed by atoms with Crippen LogP contribution in [0.1, 0.15) is 18.2 Å². The predicted molar refractivity (Wildman–Crippen MR) is 60.9 cm³/mol. The number of fused-ring (bicyclic) bond motifs is 1. The lowest BCUT2D eigenvalue weighted by Crippen LogP contribution is -2.03. The molecule has 2 heteroatoms. The molecule has 0 bridgehead atoms. The summed E-state index contributed by atoms with van der Waals surface area (Å²) in [4.78, 5) is 0. The van der Waals surface area contributed by atoms with Crippen LogP contribution in [0.15, 0.2) is 28.7 Å². The predicted octanol–water partition coefficient (Wildman–Crippen LogP) is 2.91. The molecule has 0 amide bonds. The van der Waals surface area contributed by atoms with Crippen molar-refractivity contribution >= 4 is 11.0 Å². The number of aliphatic hydroxyl groups is 1. The van der Waals surface area contributed by atoms with Crippen LogP contribution in [0.2, 0.25) is 0 Å². The molecule has 1 N–H and O–H groups in total. The van der Waals surface area contributed by atoms with Crippen LogP contribution in [-0.4, -0.2) is 11.7 Å². The smallest absolute Gasteiger partial charge is 0.137 e. The molecule has 1 unspecified atom stereocenters. The first-order chi connectivity index (χ1) is 7.20. The summed E-state index contributed by atoms with van der Waals surface area (Å²) in [5, 5.41) is 10.1. The van der Waals surface area contributed by atoms with E-state index in [-0.39, 0.29) is 12.5 Å². The number of hydrogen-bond acceptors (Lipinski definition) is 2. The van der Waals surface area contributed by atoms with E-state index in [9.17, 15) is 0 Å². The van der Waals surface area contributed by atoms with E-state index >= 15 is 0 Å². The van der Waals surface area contributed by atoms with Crippen LogP contribution in [0.25, 0.3) is 11.0 Å². The minimum absolute atomic E-state index is 0.204. The van der Waals surface area contributed by atoms with Crippen LogP contribution in [-0.2, 0) is 6.42 Å². The lowest BCUT2D eigenvalue weighted by Gasteiger charge is -2.03. The van der Waals surface area contributed by atoms with Crippen molar-refractivity contribution < 1.29 is 9.52 Å². The zero-order valence-electron chi connectivity index (χ0n) is 9.16. The molecule has 80 valence electrons. The van der Waals surface area contributed by atoms with Gasteiger partial charge in [-0.25, -0.2) is 0 Å². The molecule has 2 aromatic rings. The third-order valence-corrected chi connectivity index (χ3v) is 2.65. The summed E-state index contributed by atoms with van der Waals surface area (Å²) >= 11 is 0. The summed E-state index contributed by atoms with van der Waals surface area (Å²) in [6.45, 7) is 4.27. The van der Waals surface area contributed by atoms with Crippen molar-refractivity contribution in [1.82, 2.24) is 0 Å². The SMILES string of the molecule is Cc1cccc2cc(CC(C)CO)oc12. The van der Waals surface area contributed by atoms with Crippen molar-refractivity contribution in [3.05, 3.63) is 35.6 Å². The maximum absolute atomic E-state index is 8.98. The molecule has 2 nitrogen and oxygen atoms in total. The topological polar surface area (TPSA) is 33.4 Å². The minimum atomic E-state index is 0.204. The number of furan rings is 1. The number of aliphatic hydroxyl groups excluding tert-OH is 1. The van der Waals surface area contributed by atoms with Crippen molar-refractivity contribution in [2.45, 2.75) is 20.3 Å². The molecule has 15 heavy (non-hydrogen) atoms. The van der Waals surface area contributed by atoms with Crippen LogP contribution < -0.4 is 0 Å². The fraction of sp³-hybridized carbons (Fsp3) is 0.385. The van der Waals surface area contributed by atoms with Crippen LogP contribution in [0, 0.1) is 12.8 Å². The fourth-order valence-corrected chi connectivity index (χ4v) is 1.77. The second-order valence-corrected chi connectivity index (χ2v) is 4.20. The average Bonchev–Trinajstić information content (AvgIpc) is 2.62. The Morgan fingerprint density at radius 1 is 1.40 bits per heavy atom. The molecule has 0 aliphatic heterocycles. The Hall–Kier alpha value is -1.28. The number of benzene rings is 1. The third kappa shape index (κ3) is 2.05. The Morgan fingerprint density at radius 3 is 2.87 bits per heavy atom. The monoisotopic (exact) mass is 204 g/mol. The van der Waals surface area contributed by atoms with Crippen molar-refractivity contribution in [2.75, 3.05) is 6.61 Å². The highest BCUT2D eigenvalue weighted by Gasteiger charge is 2.08. The third-order valence-electron chi connectivity index (χ3n) is 2.65. The van der Waals surface area contributed by atoms with Crippen molar-refractivity contribution in [3.8, 4) is 0 Å². The van der Waals surface area contributed by atoms with Gasteiger partial charge in [-0.15, -0.1) is 0 Å². The van der Waals surface area contributed by atoms with E-state index in [0.29, 0.717) is 0 Å². The van der Waals surface area contributed by atoms with E-state index in [0.717, 1.165) is 28.7 Å². The normalized spacial score (nSPS) is 13.3. The van der Waals surface area contributed by atoms with Crippen LogP contribution in [0.5, 0.6) is 0 Å². The first-order valence-electron chi connectivity index (χ1n) is 5.29. The van der Waals surface area contributed by atoms with Crippen molar-refractivity contribution in [2.24, 2.45) is 5.92 Å². The van der Waals surface area contributed by atoms with E-state index in [2.05, 4.69) is 12.1 Å². The molecule has 0 aliphatic carbocycles. The molecule has 2 rings (SSSR count). The Balaban J connectivity index is 2.35. The Kier molecular flexibility index (Phi) is 2.78. The average molecular weight is 204 g/mol. The van der Waals surface area contributed by atoms with Gasteiger partial charge in [0.05, 0.1) is 0 Å². The van der Waals surface area contributed by atoms with E-state index in [1.165, 1.54) is 0 Å². The fourth-order valence-electron chi connectivity index (χ4n) is 1.77. The van der Waals surface area contributed by atoms with Gasteiger partial charge >= 0.3 is 0 Å². The zero-order chi connectivity index (χ0) is 10.8. The van der Waals surface area contributed by atoms with E-state index < -0.39 is 0 Å². The van der Waals surface area contributed by atoms with E-state index in [4.69, 9.17) is 9.52 Å². The molecule has 1 aromatic heterocycles. The summed E-state index contributed by atoms with van der Waals surface area (Å²) in [5.41, 5.74) is 2.13. The zero-order valence-corrected chi connectivity index (χ0v) is 9.16. The molecule has 0 spiro atoms. The molecule has 0 saturated carbocycles. The lowest BCUT2D eigenvalue weighted by atomic mass is 10.1. The van der Waals surface area contributed by atoms with Gasteiger partial charge in [0.1, 0.15) is 11.3 Å². The Morgan fingerprint density at radius 2 is 2.20 bits per heavy atom. The number of para-hydroxylation sites is 1. The summed E-state index contributed by atoms with van der Waals surface area (Å²) in [7, 11) is 0. The summed E-state index contributed by atoms with van der Waals surface area (Å²) in [6, 6.07) is 8.20. The van der Waals surface area contributed by atoms with Gasteiger partial charge in [0.15, 0.2) is 0 Å². The number of rotatable bonds is 3. The van der Waals surface area contributed by atoms with E-state index in [1.54, 1.807) is 0 Å². The first kappa shape index (κ1) is 10.2. The maximum Gasteiger partial charge on any atom is 0.137 e. The molecular formula is C13H16O2. The Labute approximate surface area is 89.5 Å². The summed E-state index contributed by atoms with van der Waals surface area (Å²) in [5.74, 6) is 1.21. The molecule has 1 aromatic carbocycles. The highest BCUT2D eigenvalue weighted by molar-refractivity contribution is 5.80. The molecule has 0 fully saturated rings. The molecule has 1 heterocycles. The lowest BCUT2D eigenvalue weighted by molar-refractivity contribution is 0.232. The summed E-state index contributed by atoms with van der Waals surface area (Å²) in [6.07, 6.45) is 0.796. The van der Waals surface area contributed by atoms with Gasteiger partial charge in [-0.05, 0) is 24.5 Å². The molecular weight excluding hydrogens is 188 g/mol. The summed E-state index contributed by atoms with van der Waals surface area (Å²) < 4.78 is 5.76. The highest BCUT2D eigenvalue weighted by Crippen LogP contribution is 2.23. The largest absolute Gasteiger partial charge is 0.461 e. The van der Waals surface area contributed by atoms with Crippen molar-refractivity contribution in [3.63, 3.8) is 0 Å². The van der Waals surface area contributed by atoms with Crippen LogP contribution in [0.3, 0.4) is 0 Å². The second kappa shape index (κ2) is 4.07. The van der Waals surface area contributed by atoms with Gasteiger partial charge in [0.25, 0.3) is 0 Å². The van der Waals surface area contributed by atoms with Gasteiger partial charge in [0.2, 0.25) is 0 Å². The molecule has 0 aliphatic rings. The molecule has 0 radical (unpaired) electrons. The van der Waals surface area contributed by atoms with Crippen LogP contribution >= 0.6 is 0 Å². The number of hydrogen-bond donors (Lipinski definition) is 1. The minimum Gasteiger partial charge on any atom is -0.461 e. The molecule has 1 atom stereocenters. The quantitative estimate of drug-likeness (QED) is 0.834. The maximum atomic E-state index is 8.98. The standard InChI is InChI=1S/C13H16O2/c1-9(8-14)6-12-7-11-5-3-4-10(2)13(11)15-12/h3-5,7,9,14H,6,8H2,1-2H3. The second-order valence-electron chi connectivity index (χ2n) is 4.20. The highest BCUT2D eigenvalue weighted by atomic mass is 16.3.